The first kappa shape index (κ1) is 21.4. The van der Waals surface area contributed by atoms with Crippen molar-refractivity contribution in [3.8, 4) is 11.5 Å². The molecule has 4 aliphatic carbocycles. The molecule has 6 rings (SSSR count). The van der Waals surface area contributed by atoms with Crippen LogP contribution in [0.1, 0.15) is 49.7 Å². The first-order valence-corrected chi connectivity index (χ1v) is 11.8. The molecular formula is C25H29Cl2NO3. The van der Waals surface area contributed by atoms with E-state index in [1.54, 1.807) is 19.2 Å². The highest BCUT2D eigenvalue weighted by atomic mass is 35.5. The summed E-state index contributed by atoms with van der Waals surface area (Å²) in [5, 5.41) is 16.0. The molecule has 2 aromatic carbocycles. The zero-order valence-corrected chi connectivity index (χ0v) is 19.3. The van der Waals surface area contributed by atoms with Crippen molar-refractivity contribution >= 4 is 23.2 Å². The fraction of sp³-hybridized carbons (Fsp3) is 0.520. The number of methoxy groups -OCH3 is 1. The largest absolute Gasteiger partial charge is 0.493 e. The molecule has 0 spiro atoms. The number of aliphatic hydroxyl groups is 1. The van der Waals surface area contributed by atoms with Gasteiger partial charge in [0.05, 0.1) is 12.7 Å². The molecule has 2 aromatic rings. The summed E-state index contributed by atoms with van der Waals surface area (Å²) >= 11 is 12.5. The van der Waals surface area contributed by atoms with E-state index < -0.39 is 5.60 Å². The molecule has 0 amide bonds. The van der Waals surface area contributed by atoms with E-state index in [4.69, 9.17) is 32.7 Å². The van der Waals surface area contributed by atoms with E-state index >= 15 is 0 Å². The highest BCUT2D eigenvalue weighted by Gasteiger charge is 2.56. The van der Waals surface area contributed by atoms with Crippen molar-refractivity contribution in [1.82, 2.24) is 5.32 Å². The van der Waals surface area contributed by atoms with Crippen LogP contribution in [0.3, 0.4) is 0 Å². The molecule has 31 heavy (non-hydrogen) atoms. The number of hydrogen-bond acceptors (Lipinski definition) is 4. The van der Waals surface area contributed by atoms with E-state index in [1.165, 1.54) is 19.3 Å². The SMILES string of the molecule is COc1cc(CNC23CC4CC(CC(O)(C4)C2)C3)ccc1OCc1c(Cl)cccc1Cl. The monoisotopic (exact) mass is 461 g/mol. The second kappa shape index (κ2) is 8.15. The van der Waals surface area contributed by atoms with Crippen LogP contribution in [0.15, 0.2) is 36.4 Å². The first-order valence-electron chi connectivity index (χ1n) is 11.1. The first-order chi connectivity index (χ1) is 14.9. The third-order valence-corrected chi connectivity index (χ3v) is 8.07. The van der Waals surface area contributed by atoms with Crippen molar-refractivity contribution < 1.29 is 14.6 Å². The quantitative estimate of drug-likeness (QED) is 0.550. The van der Waals surface area contributed by atoms with Crippen LogP contribution in [0, 0.1) is 11.8 Å². The van der Waals surface area contributed by atoms with Crippen LogP contribution < -0.4 is 14.8 Å². The van der Waals surface area contributed by atoms with Crippen LogP contribution in [-0.4, -0.2) is 23.4 Å². The average molecular weight is 462 g/mol. The van der Waals surface area contributed by atoms with Gasteiger partial charge in [-0.15, -0.1) is 0 Å². The lowest BCUT2D eigenvalue weighted by Gasteiger charge is -2.60. The van der Waals surface area contributed by atoms with Crippen molar-refractivity contribution in [3.63, 3.8) is 0 Å². The lowest BCUT2D eigenvalue weighted by atomic mass is 9.51. The maximum atomic E-state index is 11.0. The summed E-state index contributed by atoms with van der Waals surface area (Å²) in [6.45, 7) is 1.03. The van der Waals surface area contributed by atoms with Gasteiger partial charge in [-0.2, -0.15) is 0 Å². The van der Waals surface area contributed by atoms with Gasteiger partial charge in [-0.25, -0.2) is 0 Å². The van der Waals surface area contributed by atoms with E-state index in [9.17, 15) is 5.11 Å². The summed E-state index contributed by atoms with van der Waals surface area (Å²) in [7, 11) is 1.65. The van der Waals surface area contributed by atoms with Crippen LogP contribution in [0.2, 0.25) is 10.0 Å². The minimum Gasteiger partial charge on any atom is -0.493 e. The van der Waals surface area contributed by atoms with Gasteiger partial charge in [-0.05, 0) is 80.2 Å². The predicted molar refractivity (Wildman–Crippen MR) is 123 cm³/mol. The molecule has 4 saturated carbocycles. The van der Waals surface area contributed by atoms with Gasteiger partial charge in [0, 0.05) is 27.7 Å². The van der Waals surface area contributed by atoms with Gasteiger partial charge in [-0.3, -0.25) is 0 Å². The lowest BCUT2D eigenvalue weighted by Crippen LogP contribution is -2.64. The fourth-order valence-corrected chi connectivity index (χ4v) is 6.98. The number of nitrogens with one attached hydrogen (secondary N) is 1. The van der Waals surface area contributed by atoms with Gasteiger partial charge in [0.2, 0.25) is 0 Å². The Morgan fingerprint density at radius 2 is 1.74 bits per heavy atom. The molecule has 4 fully saturated rings. The van der Waals surface area contributed by atoms with Gasteiger partial charge in [0.1, 0.15) is 6.61 Å². The topological polar surface area (TPSA) is 50.7 Å². The number of benzene rings is 2. The molecule has 2 atom stereocenters. The molecule has 0 heterocycles. The molecule has 4 bridgehead atoms. The summed E-state index contributed by atoms with van der Waals surface area (Å²) in [6.07, 6.45) is 6.51. The molecule has 166 valence electrons. The van der Waals surface area contributed by atoms with Gasteiger partial charge in [0.15, 0.2) is 11.5 Å². The van der Waals surface area contributed by atoms with Crippen molar-refractivity contribution in [2.75, 3.05) is 7.11 Å². The highest BCUT2D eigenvalue weighted by molar-refractivity contribution is 6.35. The Morgan fingerprint density at radius 3 is 2.39 bits per heavy atom. The van der Waals surface area contributed by atoms with Crippen molar-refractivity contribution in [3.05, 3.63) is 57.6 Å². The Balaban J connectivity index is 1.26. The Kier molecular flexibility index (Phi) is 5.62. The van der Waals surface area contributed by atoms with Crippen LogP contribution >= 0.6 is 23.2 Å². The summed E-state index contributed by atoms with van der Waals surface area (Å²) in [5.41, 5.74) is 1.52. The van der Waals surface area contributed by atoms with Crippen molar-refractivity contribution in [1.29, 1.82) is 0 Å². The molecule has 4 nitrogen and oxygen atoms in total. The van der Waals surface area contributed by atoms with Crippen LogP contribution in [0.5, 0.6) is 11.5 Å². The van der Waals surface area contributed by atoms with E-state index in [-0.39, 0.29) is 12.1 Å². The maximum Gasteiger partial charge on any atom is 0.161 e. The second-order valence-electron chi connectivity index (χ2n) is 9.79. The normalized spacial score (nSPS) is 31.1. The summed E-state index contributed by atoms with van der Waals surface area (Å²) in [6, 6.07) is 11.4. The molecule has 6 heteroatoms. The third kappa shape index (κ3) is 4.28. The van der Waals surface area contributed by atoms with Crippen molar-refractivity contribution in [2.24, 2.45) is 11.8 Å². The zero-order chi connectivity index (χ0) is 21.6. The molecule has 2 N–H and O–H groups in total. The van der Waals surface area contributed by atoms with Gasteiger partial charge in [-0.1, -0.05) is 35.3 Å². The summed E-state index contributed by atoms with van der Waals surface area (Å²) < 4.78 is 11.6. The predicted octanol–water partition coefficient (Wildman–Crippen LogP) is 5.75. The lowest BCUT2D eigenvalue weighted by molar-refractivity contribution is -0.142. The van der Waals surface area contributed by atoms with Crippen LogP contribution in [-0.2, 0) is 13.2 Å². The van der Waals surface area contributed by atoms with Crippen molar-refractivity contribution in [2.45, 2.75) is 62.8 Å². The Morgan fingerprint density at radius 1 is 1.03 bits per heavy atom. The third-order valence-electron chi connectivity index (χ3n) is 7.36. The Bertz CT molecular complexity index is 945. The smallest absolute Gasteiger partial charge is 0.161 e. The van der Waals surface area contributed by atoms with E-state index in [0.29, 0.717) is 33.4 Å². The standard InChI is InChI=1S/C25H29Cl2NO3/c1-30-23-8-16(5-6-22(23)31-14-19-20(26)3-2-4-21(19)27)13-28-24-9-17-7-18(10-24)12-25(29,11-17)15-24/h2-6,8,17-18,28-29H,7,9-15H2,1H3. The number of hydrogen-bond donors (Lipinski definition) is 2. The van der Waals surface area contributed by atoms with Crippen LogP contribution in [0.25, 0.3) is 0 Å². The van der Waals surface area contributed by atoms with Gasteiger partial charge >= 0.3 is 0 Å². The number of ether oxygens (including phenoxy) is 2. The molecule has 4 aliphatic rings. The molecule has 2 unspecified atom stereocenters. The van der Waals surface area contributed by atoms with E-state index in [2.05, 4.69) is 11.4 Å². The number of halogens is 2. The molecule has 0 aromatic heterocycles. The molecular weight excluding hydrogens is 433 g/mol. The highest BCUT2D eigenvalue weighted by Crippen LogP contribution is 2.57. The second-order valence-corrected chi connectivity index (χ2v) is 10.6. The summed E-state index contributed by atoms with van der Waals surface area (Å²) in [4.78, 5) is 0. The molecule has 0 aliphatic heterocycles. The molecule has 0 radical (unpaired) electrons. The zero-order valence-electron chi connectivity index (χ0n) is 17.8. The summed E-state index contributed by atoms with van der Waals surface area (Å²) in [5.74, 6) is 2.68. The molecule has 0 saturated heterocycles. The fourth-order valence-electron chi connectivity index (χ4n) is 6.47. The van der Waals surface area contributed by atoms with E-state index in [1.807, 2.05) is 18.2 Å². The maximum absolute atomic E-state index is 11.0. The van der Waals surface area contributed by atoms with Gasteiger partial charge in [0.25, 0.3) is 0 Å². The van der Waals surface area contributed by atoms with Gasteiger partial charge < -0.3 is 19.9 Å². The minimum atomic E-state index is -0.452. The average Bonchev–Trinajstić information content (AvgIpc) is 2.70. The van der Waals surface area contributed by atoms with Crippen LogP contribution in [0.4, 0.5) is 0 Å². The van der Waals surface area contributed by atoms with E-state index in [0.717, 1.165) is 36.9 Å². The Hall–Kier alpha value is -1.46. The number of rotatable bonds is 7. The Labute approximate surface area is 193 Å². The minimum absolute atomic E-state index is 0.0715.